The van der Waals surface area contributed by atoms with Crippen LogP contribution in [-0.2, 0) is 13.0 Å². The molecule has 4 nitrogen and oxygen atoms in total. The summed E-state index contributed by atoms with van der Waals surface area (Å²) in [5.41, 5.74) is 3.02. The van der Waals surface area contributed by atoms with Crippen molar-refractivity contribution in [2.24, 2.45) is 11.3 Å². The van der Waals surface area contributed by atoms with E-state index >= 15 is 0 Å². The van der Waals surface area contributed by atoms with Crippen molar-refractivity contribution in [1.29, 1.82) is 0 Å². The number of hydrogen-bond donors (Lipinski definition) is 2. The fourth-order valence-corrected chi connectivity index (χ4v) is 1.62. The maximum absolute atomic E-state index is 5.58. The van der Waals surface area contributed by atoms with Gasteiger partial charge in [0.05, 0.1) is 0 Å². The van der Waals surface area contributed by atoms with Crippen molar-refractivity contribution in [2.75, 3.05) is 0 Å². The summed E-state index contributed by atoms with van der Waals surface area (Å²) < 4.78 is 2.15. The first-order chi connectivity index (χ1) is 6.99. The highest BCUT2D eigenvalue weighted by molar-refractivity contribution is 4.97. The number of aromatic nitrogens is 2. The molecule has 1 heterocycles. The van der Waals surface area contributed by atoms with E-state index in [0.717, 1.165) is 18.8 Å². The lowest BCUT2D eigenvalue weighted by Crippen LogP contribution is -2.46. The van der Waals surface area contributed by atoms with Crippen molar-refractivity contribution < 1.29 is 0 Å². The number of nitrogens with zero attached hydrogens (tertiary/aromatic N) is 2. The Bertz CT molecular complexity index is 298. The van der Waals surface area contributed by atoms with Crippen LogP contribution in [0.3, 0.4) is 0 Å². The first-order valence-electron chi connectivity index (χ1n) is 5.45. The van der Waals surface area contributed by atoms with E-state index in [9.17, 15) is 0 Å². The molecule has 0 saturated carbocycles. The quantitative estimate of drug-likeness (QED) is 0.582. The van der Waals surface area contributed by atoms with E-state index in [1.807, 2.05) is 12.4 Å². The van der Waals surface area contributed by atoms with Gasteiger partial charge in [-0.15, -0.1) is 0 Å². The van der Waals surface area contributed by atoms with E-state index in [1.165, 1.54) is 0 Å². The molecule has 0 fully saturated rings. The van der Waals surface area contributed by atoms with Crippen LogP contribution in [-0.4, -0.2) is 15.6 Å². The molecule has 1 atom stereocenters. The summed E-state index contributed by atoms with van der Waals surface area (Å²) in [5.74, 6) is 6.67. The number of hydrogen-bond acceptors (Lipinski definition) is 3. The molecule has 0 aromatic carbocycles. The summed E-state index contributed by atoms with van der Waals surface area (Å²) in [4.78, 5) is 4.36. The smallest absolute Gasteiger partial charge is 0.110 e. The largest absolute Gasteiger partial charge is 0.335 e. The predicted octanol–water partition coefficient (Wildman–Crippen LogP) is 1.32. The minimum absolute atomic E-state index is 0.138. The van der Waals surface area contributed by atoms with Crippen LogP contribution in [0.4, 0.5) is 0 Å². The van der Waals surface area contributed by atoms with Gasteiger partial charge in [0.15, 0.2) is 0 Å². The third-order valence-electron chi connectivity index (χ3n) is 2.78. The van der Waals surface area contributed by atoms with Gasteiger partial charge in [-0.05, 0) is 12.3 Å². The lowest BCUT2D eigenvalue weighted by Gasteiger charge is -2.29. The zero-order valence-electron chi connectivity index (χ0n) is 10.1. The Morgan fingerprint density at radius 1 is 1.53 bits per heavy atom. The van der Waals surface area contributed by atoms with Crippen LogP contribution in [0.15, 0.2) is 12.4 Å². The number of hydrazine groups is 1. The first-order valence-corrected chi connectivity index (χ1v) is 5.45. The van der Waals surface area contributed by atoms with Crippen molar-refractivity contribution in [3.63, 3.8) is 0 Å². The Morgan fingerprint density at radius 2 is 2.20 bits per heavy atom. The molecule has 0 radical (unpaired) electrons. The average molecular weight is 210 g/mol. The summed E-state index contributed by atoms with van der Waals surface area (Å²) in [6.07, 6.45) is 4.71. The molecule has 0 saturated heterocycles. The van der Waals surface area contributed by atoms with Gasteiger partial charge in [-0.1, -0.05) is 20.8 Å². The van der Waals surface area contributed by atoms with Gasteiger partial charge in [0, 0.05) is 31.4 Å². The zero-order chi connectivity index (χ0) is 11.5. The van der Waals surface area contributed by atoms with Gasteiger partial charge in [0.25, 0.3) is 0 Å². The Balaban J connectivity index is 2.75. The Hall–Kier alpha value is -0.870. The lowest BCUT2D eigenvalue weighted by atomic mass is 9.85. The molecule has 4 heteroatoms. The molecule has 3 N–H and O–H groups in total. The standard InChI is InChI=1S/C11H22N4/c1-5-15-7-6-13-10(15)8-9(14-12)11(2,3)4/h6-7,9,14H,5,8,12H2,1-4H3. The van der Waals surface area contributed by atoms with Gasteiger partial charge in [-0.3, -0.25) is 11.3 Å². The minimum Gasteiger partial charge on any atom is -0.335 e. The van der Waals surface area contributed by atoms with Crippen molar-refractivity contribution >= 4 is 0 Å². The second-order valence-electron chi connectivity index (χ2n) is 4.92. The van der Waals surface area contributed by atoms with Gasteiger partial charge in [0.1, 0.15) is 5.82 Å². The molecule has 1 aromatic heterocycles. The molecule has 0 aliphatic carbocycles. The molecule has 0 aliphatic rings. The molecule has 15 heavy (non-hydrogen) atoms. The van der Waals surface area contributed by atoms with E-state index in [1.54, 1.807) is 0 Å². The highest BCUT2D eigenvalue weighted by Gasteiger charge is 2.24. The van der Waals surface area contributed by atoms with Crippen LogP contribution in [0, 0.1) is 5.41 Å². The van der Waals surface area contributed by atoms with Crippen molar-refractivity contribution in [3.05, 3.63) is 18.2 Å². The van der Waals surface area contributed by atoms with Crippen LogP contribution < -0.4 is 11.3 Å². The van der Waals surface area contributed by atoms with E-state index in [2.05, 4.69) is 42.7 Å². The number of rotatable bonds is 4. The highest BCUT2D eigenvalue weighted by atomic mass is 15.2. The minimum atomic E-state index is 0.138. The normalized spacial score (nSPS) is 14.2. The molecular weight excluding hydrogens is 188 g/mol. The summed E-state index contributed by atoms with van der Waals surface area (Å²) in [6.45, 7) is 9.61. The molecule has 86 valence electrons. The molecule has 0 spiro atoms. The maximum Gasteiger partial charge on any atom is 0.110 e. The first kappa shape index (κ1) is 12.2. The third-order valence-corrected chi connectivity index (χ3v) is 2.78. The fourth-order valence-electron chi connectivity index (χ4n) is 1.62. The summed E-state index contributed by atoms with van der Waals surface area (Å²) >= 11 is 0. The Labute approximate surface area is 91.8 Å². The average Bonchev–Trinajstić information content (AvgIpc) is 2.59. The molecule has 0 aliphatic heterocycles. The maximum atomic E-state index is 5.58. The summed E-state index contributed by atoms with van der Waals surface area (Å²) in [6, 6.07) is 0.241. The summed E-state index contributed by atoms with van der Waals surface area (Å²) in [7, 11) is 0. The SMILES string of the molecule is CCn1ccnc1CC(NN)C(C)(C)C. The zero-order valence-corrected chi connectivity index (χ0v) is 10.1. The van der Waals surface area contributed by atoms with E-state index in [4.69, 9.17) is 5.84 Å². The lowest BCUT2D eigenvalue weighted by molar-refractivity contribution is 0.264. The van der Waals surface area contributed by atoms with Crippen molar-refractivity contribution in [2.45, 2.75) is 46.7 Å². The van der Waals surface area contributed by atoms with E-state index in [0.29, 0.717) is 0 Å². The monoisotopic (exact) mass is 210 g/mol. The molecule has 1 aromatic rings. The highest BCUT2D eigenvalue weighted by Crippen LogP contribution is 2.21. The van der Waals surface area contributed by atoms with E-state index < -0.39 is 0 Å². The van der Waals surface area contributed by atoms with Gasteiger partial charge < -0.3 is 4.57 Å². The fraction of sp³-hybridized carbons (Fsp3) is 0.727. The van der Waals surface area contributed by atoms with Crippen LogP contribution in [0.5, 0.6) is 0 Å². The number of imidazole rings is 1. The molecule has 1 unspecified atom stereocenters. The molecular formula is C11H22N4. The van der Waals surface area contributed by atoms with Crippen LogP contribution in [0.2, 0.25) is 0 Å². The molecule has 1 rings (SSSR count). The number of aryl methyl sites for hydroxylation is 1. The third kappa shape index (κ3) is 3.04. The van der Waals surface area contributed by atoms with Gasteiger partial charge in [0.2, 0.25) is 0 Å². The van der Waals surface area contributed by atoms with Gasteiger partial charge in [-0.2, -0.15) is 0 Å². The van der Waals surface area contributed by atoms with Crippen LogP contribution in [0.25, 0.3) is 0 Å². The van der Waals surface area contributed by atoms with Gasteiger partial charge >= 0.3 is 0 Å². The molecule has 0 amide bonds. The topological polar surface area (TPSA) is 55.9 Å². The predicted molar refractivity (Wildman–Crippen MR) is 62.2 cm³/mol. The van der Waals surface area contributed by atoms with Crippen molar-refractivity contribution in [1.82, 2.24) is 15.0 Å². The summed E-state index contributed by atoms with van der Waals surface area (Å²) in [5, 5.41) is 0. The molecule has 0 bridgehead atoms. The number of nitrogens with two attached hydrogens (primary N) is 1. The van der Waals surface area contributed by atoms with Gasteiger partial charge in [-0.25, -0.2) is 4.98 Å². The van der Waals surface area contributed by atoms with Crippen LogP contribution in [0.1, 0.15) is 33.5 Å². The second kappa shape index (κ2) is 4.77. The van der Waals surface area contributed by atoms with E-state index in [-0.39, 0.29) is 11.5 Å². The second-order valence-corrected chi connectivity index (χ2v) is 4.92. The Morgan fingerprint density at radius 3 is 2.67 bits per heavy atom. The van der Waals surface area contributed by atoms with Crippen molar-refractivity contribution in [3.8, 4) is 0 Å². The Kier molecular flexibility index (Phi) is 3.88. The van der Waals surface area contributed by atoms with Crippen LogP contribution >= 0.6 is 0 Å². The number of nitrogens with one attached hydrogen (secondary N) is 1.